The highest BCUT2D eigenvalue weighted by molar-refractivity contribution is 5.99. The van der Waals surface area contributed by atoms with Gasteiger partial charge in [0.05, 0.1) is 5.56 Å². The Morgan fingerprint density at radius 3 is 2.32 bits per heavy atom. The number of carbonyl (C=O) groups is 1. The van der Waals surface area contributed by atoms with Gasteiger partial charge in [0.15, 0.2) is 0 Å². The third-order valence-electron chi connectivity index (χ3n) is 4.97. The number of benzene rings is 1. The van der Waals surface area contributed by atoms with Crippen LogP contribution >= 0.6 is 0 Å². The van der Waals surface area contributed by atoms with Gasteiger partial charge in [-0.1, -0.05) is 25.0 Å². The van der Waals surface area contributed by atoms with Crippen molar-refractivity contribution in [2.75, 3.05) is 18.8 Å². The van der Waals surface area contributed by atoms with Crippen molar-refractivity contribution in [2.45, 2.75) is 38.5 Å². The zero-order valence-corrected chi connectivity index (χ0v) is 11.4. The summed E-state index contributed by atoms with van der Waals surface area (Å²) in [4.78, 5) is 14.5. The van der Waals surface area contributed by atoms with Crippen LogP contribution in [-0.2, 0) is 0 Å². The molecular weight excluding hydrogens is 236 g/mol. The molecule has 0 atom stereocenters. The molecule has 1 amide bonds. The maximum absolute atomic E-state index is 12.5. The van der Waals surface area contributed by atoms with Crippen molar-refractivity contribution in [2.24, 2.45) is 5.41 Å². The SMILES string of the molecule is Nc1ccccc1C(=O)N1CCC2(CCCC2)CC1. The predicted molar refractivity (Wildman–Crippen MR) is 76.9 cm³/mol. The summed E-state index contributed by atoms with van der Waals surface area (Å²) in [6, 6.07) is 7.38. The molecule has 3 heteroatoms. The number of anilines is 1. The normalized spacial score (nSPS) is 21.8. The van der Waals surface area contributed by atoms with E-state index in [2.05, 4.69) is 0 Å². The molecule has 3 nitrogen and oxygen atoms in total. The van der Waals surface area contributed by atoms with Gasteiger partial charge in [0, 0.05) is 18.8 Å². The highest BCUT2D eigenvalue weighted by atomic mass is 16.2. The zero-order chi connectivity index (χ0) is 13.3. The minimum absolute atomic E-state index is 0.103. The number of para-hydroxylation sites is 1. The van der Waals surface area contributed by atoms with E-state index in [0.717, 1.165) is 13.1 Å². The maximum atomic E-state index is 12.5. The number of hydrogen-bond donors (Lipinski definition) is 1. The molecule has 3 rings (SSSR count). The number of carbonyl (C=O) groups excluding carboxylic acids is 1. The fraction of sp³-hybridized carbons (Fsp3) is 0.562. The first-order valence-electron chi connectivity index (χ1n) is 7.34. The fourth-order valence-corrected chi connectivity index (χ4v) is 3.67. The van der Waals surface area contributed by atoms with Crippen molar-refractivity contribution in [1.29, 1.82) is 0 Å². The van der Waals surface area contributed by atoms with Crippen LogP contribution in [-0.4, -0.2) is 23.9 Å². The minimum atomic E-state index is 0.103. The maximum Gasteiger partial charge on any atom is 0.255 e. The highest BCUT2D eigenvalue weighted by Crippen LogP contribution is 2.46. The van der Waals surface area contributed by atoms with Gasteiger partial charge >= 0.3 is 0 Å². The van der Waals surface area contributed by atoms with Gasteiger partial charge in [0.25, 0.3) is 5.91 Å². The molecule has 1 aliphatic heterocycles. The van der Waals surface area contributed by atoms with Crippen LogP contribution in [0.1, 0.15) is 48.9 Å². The van der Waals surface area contributed by atoms with Crippen LogP contribution in [0, 0.1) is 5.41 Å². The Balaban J connectivity index is 1.68. The van der Waals surface area contributed by atoms with E-state index in [1.165, 1.54) is 38.5 Å². The zero-order valence-electron chi connectivity index (χ0n) is 11.4. The molecule has 1 aliphatic carbocycles. The van der Waals surface area contributed by atoms with Crippen molar-refractivity contribution in [3.8, 4) is 0 Å². The lowest BCUT2D eigenvalue weighted by molar-refractivity contribution is 0.0588. The van der Waals surface area contributed by atoms with Gasteiger partial charge in [0.1, 0.15) is 0 Å². The van der Waals surface area contributed by atoms with Crippen molar-refractivity contribution in [3.05, 3.63) is 29.8 Å². The summed E-state index contributed by atoms with van der Waals surface area (Å²) in [6.07, 6.45) is 7.82. The minimum Gasteiger partial charge on any atom is -0.398 e. The number of likely N-dealkylation sites (tertiary alicyclic amines) is 1. The molecular formula is C16H22N2O. The second kappa shape index (κ2) is 4.87. The van der Waals surface area contributed by atoms with Gasteiger partial charge < -0.3 is 10.6 Å². The van der Waals surface area contributed by atoms with E-state index in [1.807, 2.05) is 23.1 Å². The van der Waals surface area contributed by atoms with Gasteiger partial charge in [-0.3, -0.25) is 4.79 Å². The molecule has 19 heavy (non-hydrogen) atoms. The van der Waals surface area contributed by atoms with Crippen LogP contribution in [0.3, 0.4) is 0 Å². The summed E-state index contributed by atoms with van der Waals surface area (Å²) in [5.74, 6) is 0.103. The molecule has 2 N–H and O–H groups in total. The topological polar surface area (TPSA) is 46.3 Å². The van der Waals surface area contributed by atoms with E-state index in [-0.39, 0.29) is 5.91 Å². The van der Waals surface area contributed by atoms with Crippen molar-refractivity contribution < 1.29 is 4.79 Å². The number of amides is 1. The van der Waals surface area contributed by atoms with Gasteiger partial charge in [-0.05, 0) is 43.2 Å². The van der Waals surface area contributed by atoms with E-state index in [1.54, 1.807) is 6.07 Å². The summed E-state index contributed by atoms with van der Waals surface area (Å²) >= 11 is 0. The van der Waals surface area contributed by atoms with Crippen LogP contribution in [0.2, 0.25) is 0 Å². The molecule has 1 aromatic carbocycles. The number of hydrogen-bond acceptors (Lipinski definition) is 2. The summed E-state index contributed by atoms with van der Waals surface area (Å²) in [5, 5.41) is 0. The van der Waals surface area contributed by atoms with Crippen LogP contribution in [0.4, 0.5) is 5.69 Å². The lowest BCUT2D eigenvalue weighted by Gasteiger charge is -2.39. The summed E-state index contributed by atoms with van der Waals surface area (Å²) < 4.78 is 0. The molecule has 1 spiro atoms. The highest BCUT2D eigenvalue weighted by Gasteiger charge is 2.38. The third-order valence-corrected chi connectivity index (χ3v) is 4.97. The van der Waals surface area contributed by atoms with E-state index >= 15 is 0 Å². The molecule has 2 fully saturated rings. The molecule has 102 valence electrons. The number of piperidine rings is 1. The van der Waals surface area contributed by atoms with E-state index < -0.39 is 0 Å². The first-order valence-corrected chi connectivity index (χ1v) is 7.34. The van der Waals surface area contributed by atoms with Crippen molar-refractivity contribution in [1.82, 2.24) is 4.90 Å². The second-order valence-corrected chi connectivity index (χ2v) is 6.09. The Morgan fingerprint density at radius 2 is 1.68 bits per heavy atom. The Labute approximate surface area is 114 Å². The number of nitrogens with zero attached hydrogens (tertiary/aromatic N) is 1. The summed E-state index contributed by atoms with van der Waals surface area (Å²) in [5.41, 5.74) is 7.70. The van der Waals surface area contributed by atoms with Gasteiger partial charge in [0.2, 0.25) is 0 Å². The standard InChI is InChI=1S/C16H22N2O/c17-14-6-2-1-5-13(14)15(19)18-11-9-16(10-12-18)7-3-4-8-16/h1-2,5-6H,3-4,7-12,17H2. The average Bonchev–Trinajstić information content (AvgIpc) is 2.88. The largest absolute Gasteiger partial charge is 0.398 e. The predicted octanol–water partition coefficient (Wildman–Crippen LogP) is 3.07. The number of nitrogen functional groups attached to an aromatic ring is 1. The van der Waals surface area contributed by atoms with Crippen LogP contribution in [0.15, 0.2) is 24.3 Å². The van der Waals surface area contributed by atoms with Crippen molar-refractivity contribution in [3.63, 3.8) is 0 Å². The van der Waals surface area contributed by atoms with Crippen molar-refractivity contribution >= 4 is 11.6 Å². The number of rotatable bonds is 1. The lowest BCUT2D eigenvalue weighted by atomic mass is 9.77. The van der Waals surface area contributed by atoms with E-state index in [4.69, 9.17) is 5.73 Å². The van der Waals surface area contributed by atoms with Crippen LogP contribution in [0.5, 0.6) is 0 Å². The summed E-state index contributed by atoms with van der Waals surface area (Å²) in [6.45, 7) is 1.79. The average molecular weight is 258 g/mol. The second-order valence-electron chi connectivity index (χ2n) is 6.09. The monoisotopic (exact) mass is 258 g/mol. The molecule has 2 aliphatic rings. The number of nitrogens with two attached hydrogens (primary N) is 1. The molecule has 0 unspecified atom stereocenters. The Bertz CT molecular complexity index is 467. The van der Waals surface area contributed by atoms with Gasteiger partial charge in [-0.15, -0.1) is 0 Å². The lowest BCUT2D eigenvalue weighted by Crippen LogP contribution is -2.42. The molecule has 1 saturated heterocycles. The van der Waals surface area contributed by atoms with E-state index in [0.29, 0.717) is 16.7 Å². The summed E-state index contributed by atoms with van der Waals surface area (Å²) in [7, 11) is 0. The smallest absolute Gasteiger partial charge is 0.255 e. The van der Waals surface area contributed by atoms with Gasteiger partial charge in [-0.2, -0.15) is 0 Å². The molecule has 0 bridgehead atoms. The van der Waals surface area contributed by atoms with Crippen LogP contribution in [0.25, 0.3) is 0 Å². The van der Waals surface area contributed by atoms with E-state index in [9.17, 15) is 4.79 Å². The molecule has 1 saturated carbocycles. The first kappa shape index (κ1) is 12.5. The molecule has 0 radical (unpaired) electrons. The van der Waals surface area contributed by atoms with Gasteiger partial charge in [-0.25, -0.2) is 0 Å². The first-order chi connectivity index (χ1) is 9.20. The molecule has 1 aromatic rings. The Morgan fingerprint density at radius 1 is 1.05 bits per heavy atom. The third kappa shape index (κ3) is 2.34. The Hall–Kier alpha value is -1.51. The molecule has 0 aromatic heterocycles. The quantitative estimate of drug-likeness (QED) is 0.787. The Kier molecular flexibility index (Phi) is 3.21. The molecule has 1 heterocycles. The van der Waals surface area contributed by atoms with Crippen LogP contribution < -0.4 is 5.73 Å². The fourth-order valence-electron chi connectivity index (χ4n) is 3.67.